The van der Waals surface area contributed by atoms with E-state index in [0.29, 0.717) is 4.83 Å². The van der Waals surface area contributed by atoms with Gasteiger partial charge in [0.15, 0.2) is 0 Å². The molecule has 2 rings (SSSR count). The number of rotatable bonds is 0. The first kappa shape index (κ1) is 7.63. The molecule has 2 heteroatoms. The maximum atomic E-state index is 6.15. The highest BCUT2D eigenvalue weighted by molar-refractivity contribution is 9.09. The molecule has 0 unspecified atom stereocenters. The van der Waals surface area contributed by atoms with E-state index in [2.05, 4.69) is 34.1 Å². The predicted octanol–water partition coefficient (Wildman–Crippen LogP) is 3.29. The first-order valence-electron chi connectivity index (χ1n) is 3.65. The molecule has 0 saturated carbocycles. The number of hydrogen-bond acceptors (Lipinski definition) is 0. The largest absolute Gasteiger partial charge is 0.117 e. The summed E-state index contributed by atoms with van der Waals surface area (Å²) in [6, 6.07) is 8.35. The molecule has 0 saturated heterocycles. The van der Waals surface area contributed by atoms with E-state index in [4.69, 9.17) is 11.6 Å². The third kappa shape index (κ3) is 1.21. The Morgan fingerprint density at radius 1 is 1.36 bits per heavy atom. The van der Waals surface area contributed by atoms with E-state index >= 15 is 0 Å². The number of fused-ring (bicyclic) bond motifs is 1. The van der Waals surface area contributed by atoms with E-state index in [-0.39, 0.29) is 5.38 Å². The molecular formula is C9H8BrCl. The molecule has 1 aromatic rings. The molecule has 2 atom stereocenters. The van der Waals surface area contributed by atoms with Gasteiger partial charge in [-0.1, -0.05) is 40.2 Å². The van der Waals surface area contributed by atoms with Gasteiger partial charge >= 0.3 is 0 Å². The lowest BCUT2D eigenvalue weighted by Gasteiger charge is -2.04. The molecule has 58 valence electrons. The van der Waals surface area contributed by atoms with Gasteiger partial charge in [0.05, 0.1) is 5.38 Å². The van der Waals surface area contributed by atoms with Crippen LogP contribution in [-0.2, 0) is 6.42 Å². The number of benzene rings is 1. The van der Waals surface area contributed by atoms with E-state index < -0.39 is 0 Å². The highest BCUT2D eigenvalue weighted by Crippen LogP contribution is 2.39. The van der Waals surface area contributed by atoms with Gasteiger partial charge in [0, 0.05) is 4.83 Å². The van der Waals surface area contributed by atoms with Crippen molar-refractivity contribution in [1.29, 1.82) is 0 Å². The summed E-state index contributed by atoms with van der Waals surface area (Å²) >= 11 is 9.70. The zero-order chi connectivity index (χ0) is 7.84. The normalized spacial score (nSPS) is 28.5. The van der Waals surface area contributed by atoms with Crippen molar-refractivity contribution in [2.24, 2.45) is 0 Å². The van der Waals surface area contributed by atoms with Gasteiger partial charge in [-0.3, -0.25) is 0 Å². The lowest BCUT2D eigenvalue weighted by atomic mass is 10.1. The van der Waals surface area contributed by atoms with E-state index in [0.717, 1.165) is 6.42 Å². The Balaban J connectivity index is 2.47. The van der Waals surface area contributed by atoms with Gasteiger partial charge in [0.1, 0.15) is 0 Å². The number of halogens is 2. The van der Waals surface area contributed by atoms with Crippen molar-refractivity contribution in [2.75, 3.05) is 0 Å². The van der Waals surface area contributed by atoms with Gasteiger partial charge in [-0.15, -0.1) is 11.6 Å². The van der Waals surface area contributed by atoms with Crippen LogP contribution in [0.15, 0.2) is 24.3 Å². The molecule has 0 amide bonds. The first-order chi connectivity index (χ1) is 5.29. The Morgan fingerprint density at radius 3 is 2.82 bits per heavy atom. The molecule has 0 heterocycles. The Kier molecular flexibility index (Phi) is 1.94. The molecule has 0 N–H and O–H groups in total. The first-order valence-corrected chi connectivity index (χ1v) is 5.00. The monoisotopic (exact) mass is 230 g/mol. The third-order valence-electron chi connectivity index (χ3n) is 2.08. The fraction of sp³-hybridized carbons (Fsp3) is 0.333. The van der Waals surface area contributed by atoms with Crippen molar-refractivity contribution in [3.8, 4) is 0 Å². The molecule has 1 aliphatic rings. The molecule has 1 aromatic carbocycles. The van der Waals surface area contributed by atoms with Crippen molar-refractivity contribution >= 4 is 27.5 Å². The molecule has 0 aromatic heterocycles. The summed E-state index contributed by atoms with van der Waals surface area (Å²) < 4.78 is 0. The topological polar surface area (TPSA) is 0 Å². The second-order valence-electron chi connectivity index (χ2n) is 2.82. The van der Waals surface area contributed by atoms with Gasteiger partial charge < -0.3 is 0 Å². The van der Waals surface area contributed by atoms with Crippen molar-refractivity contribution < 1.29 is 0 Å². The fourth-order valence-corrected chi connectivity index (χ4v) is 2.43. The minimum Gasteiger partial charge on any atom is -0.117 e. The molecular weight excluding hydrogens is 223 g/mol. The average molecular weight is 232 g/mol. The van der Waals surface area contributed by atoms with Crippen LogP contribution >= 0.6 is 27.5 Å². The minimum absolute atomic E-state index is 0.159. The molecule has 0 aliphatic heterocycles. The Labute approximate surface area is 79.7 Å². The zero-order valence-corrected chi connectivity index (χ0v) is 8.27. The zero-order valence-electron chi connectivity index (χ0n) is 5.93. The van der Waals surface area contributed by atoms with Crippen LogP contribution in [0.5, 0.6) is 0 Å². The molecule has 0 fully saturated rings. The second kappa shape index (κ2) is 2.80. The van der Waals surface area contributed by atoms with Crippen molar-refractivity contribution in [3.05, 3.63) is 35.4 Å². The van der Waals surface area contributed by atoms with Crippen molar-refractivity contribution in [1.82, 2.24) is 0 Å². The van der Waals surface area contributed by atoms with Crippen LogP contribution in [0.4, 0.5) is 0 Å². The van der Waals surface area contributed by atoms with Crippen LogP contribution in [0.2, 0.25) is 0 Å². The van der Waals surface area contributed by atoms with Crippen molar-refractivity contribution in [2.45, 2.75) is 16.6 Å². The van der Waals surface area contributed by atoms with E-state index in [1.165, 1.54) is 11.1 Å². The summed E-state index contributed by atoms with van der Waals surface area (Å²) in [5.74, 6) is 0. The molecule has 0 spiro atoms. The maximum Gasteiger partial charge on any atom is 0.0716 e. The summed E-state index contributed by atoms with van der Waals surface area (Å²) in [6.07, 6.45) is 1.06. The van der Waals surface area contributed by atoms with Gasteiger partial charge in [-0.2, -0.15) is 0 Å². The lowest BCUT2D eigenvalue weighted by molar-refractivity contribution is 0.922. The number of alkyl halides is 2. The van der Waals surface area contributed by atoms with Crippen molar-refractivity contribution in [3.63, 3.8) is 0 Å². The highest BCUT2D eigenvalue weighted by Gasteiger charge is 2.27. The van der Waals surface area contributed by atoms with Gasteiger partial charge in [0.25, 0.3) is 0 Å². The van der Waals surface area contributed by atoms with Crippen LogP contribution < -0.4 is 0 Å². The van der Waals surface area contributed by atoms with Crippen LogP contribution in [-0.4, -0.2) is 4.83 Å². The molecule has 1 aliphatic carbocycles. The summed E-state index contributed by atoms with van der Waals surface area (Å²) in [4.78, 5) is 0.418. The van der Waals surface area contributed by atoms with Crippen LogP contribution in [0.3, 0.4) is 0 Å². The van der Waals surface area contributed by atoms with E-state index in [1.54, 1.807) is 0 Å². The Morgan fingerprint density at radius 2 is 2.09 bits per heavy atom. The molecule has 0 nitrogen and oxygen atoms in total. The summed E-state index contributed by atoms with van der Waals surface area (Å²) in [7, 11) is 0. The Bertz CT molecular complexity index is 272. The average Bonchev–Trinajstić information content (AvgIpc) is 2.30. The second-order valence-corrected chi connectivity index (χ2v) is 4.47. The lowest BCUT2D eigenvalue weighted by Crippen LogP contribution is -1.97. The summed E-state index contributed by atoms with van der Waals surface area (Å²) in [5, 5.41) is 0.159. The third-order valence-corrected chi connectivity index (χ3v) is 3.78. The van der Waals surface area contributed by atoms with E-state index in [1.807, 2.05) is 6.07 Å². The molecule has 0 radical (unpaired) electrons. The van der Waals surface area contributed by atoms with Gasteiger partial charge in [-0.05, 0) is 17.5 Å². The Hall–Kier alpha value is -0.0100. The van der Waals surface area contributed by atoms with E-state index in [9.17, 15) is 0 Å². The van der Waals surface area contributed by atoms with Gasteiger partial charge in [0.2, 0.25) is 0 Å². The fourth-order valence-electron chi connectivity index (χ4n) is 1.50. The van der Waals surface area contributed by atoms with Gasteiger partial charge in [-0.25, -0.2) is 0 Å². The number of hydrogen-bond donors (Lipinski definition) is 0. The minimum atomic E-state index is 0.159. The molecule has 0 bridgehead atoms. The van der Waals surface area contributed by atoms with Crippen LogP contribution in [0.1, 0.15) is 16.5 Å². The SMILES string of the molecule is Cl[C@H]1c2ccccc2C[C@@H]1Br. The highest BCUT2D eigenvalue weighted by atomic mass is 79.9. The predicted molar refractivity (Wildman–Crippen MR) is 51.5 cm³/mol. The standard InChI is InChI=1S/C9H8BrCl/c10-8-5-6-3-1-2-4-7(6)9(8)11/h1-4,8-9H,5H2/t8-,9-/m0/s1. The molecule has 11 heavy (non-hydrogen) atoms. The summed E-state index contributed by atoms with van der Waals surface area (Å²) in [5.41, 5.74) is 2.67. The van der Waals surface area contributed by atoms with Crippen LogP contribution in [0.25, 0.3) is 0 Å². The smallest absolute Gasteiger partial charge is 0.0716 e. The quantitative estimate of drug-likeness (QED) is 0.601. The summed E-state index contributed by atoms with van der Waals surface area (Å²) in [6.45, 7) is 0. The van der Waals surface area contributed by atoms with Crippen LogP contribution in [0, 0.1) is 0 Å². The maximum absolute atomic E-state index is 6.15.